The average molecular weight is 256 g/mol. The van der Waals surface area contributed by atoms with Crippen molar-refractivity contribution >= 4 is 11.6 Å². The van der Waals surface area contributed by atoms with Crippen LogP contribution in [-0.2, 0) is 11.3 Å². The molecule has 2 nitrogen and oxygen atoms in total. The number of pyridine rings is 1. The second-order valence-electron chi connectivity index (χ2n) is 4.42. The molecule has 17 heavy (non-hydrogen) atoms. The fraction of sp³-hybridized carbons (Fsp3) is 0.643. The lowest BCUT2D eigenvalue weighted by molar-refractivity contribution is 0.0458. The van der Waals surface area contributed by atoms with Gasteiger partial charge in [-0.2, -0.15) is 0 Å². The summed E-state index contributed by atoms with van der Waals surface area (Å²) in [6, 6.07) is 3.84. The Labute approximate surface area is 109 Å². The molecule has 1 heterocycles. The van der Waals surface area contributed by atoms with Crippen molar-refractivity contribution in [2.45, 2.75) is 58.7 Å². The molecule has 0 saturated carbocycles. The van der Waals surface area contributed by atoms with E-state index in [-0.39, 0.29) is 0 Å². The van der Waals surface area contributed by atoms with E-state index in [9.17, 15) is 0 Å². The van der Waals surface area contributed by atoms with E-state index in [1.807, 2.05) is 12.1 Å². The fourth-order valence-electron chi connectivity index (χ4n) is 1.70. The molecule has 1 atom stereocenters. The number of halogens is 1. The molecule has 0 aliphatic rings. The van der Waals surface area contributed by atoms with Gasteiger partial charge in [0.05, 0.1) is 12.7 Å². The molecule has 0 aliphatic heterocycles. The third kappa shape index (κ3) is 6.04. The smallest absolute Gasteiger partial charge is 0.134 e. The largest absolute Gasteiger partial charge is 0.374 e. The van der Waals surface area contributed by atoms with Gasteiger partial charge in [0.25, 0.3) is 0 Å². The van der Waals surface area contributed by atoms with Gasteiger partial charge in [0.15, 0.2) is 0 Å². The minimum absolute atomic E-state index is 0.295. The monoisotopic (exact) mass is 255 g/mol. The van der Waals surface area contributed by atoms with E-state index < -0.39 is 0 Å². The van der Waals surface area contributed by atoms with E-state index in [2.05, 4.69) is 18.8 Å². The Kier molecular flexibility index (Phi) is 7.22. The number of aromatic nitrogens is 1. The normalized spacial score (nSPS) is 12.6. The Morgan fingerprint density at radius 2 is 2.18 bits per heavy atom. The number of nitrogens with zero attached hydrogens (tertiary/aromatic N) is 1. The summed E-state index contributed by atoms with van der Waals surface area (Å²) in [6.45, 7) is 4.90. The van der Waals surface area contributed by atoms with E-state index in [0.717, 1.165) is 12.0 Å². The van der Waals surface area contributed by atoms with Gasteiger partial charge >= 0.3 is 0 Å². The highest BCUT2D eigenvalue weighted by Crippen LogP contribution is 2.15. The summed E-state index contributed by atoms with van der Waals surface area (Å²) in [4.78, 5) is 4.03. The summed E-state index contributed by atoms with van der Waals surface area (Å²) in [5.74, 6) is 0. The topological polar surface area (TPSA) is 22.1 Å². The molecular weight excluding hydrogens is 234 g/mol. The van der Waals surface area contributed by atoms with Crippen molar-refractivity contribution in [3.63, 3.8) is 0 Å². The van der Waals surface area contributed by atoms with Gasteiger partial charge in [-0.1, -0.05) is 50.3 Å². The van der Waals surface area contributed by atoms with E-state index in [0.29, 0.717) is 17.9 Å². The Balaban J connectivity index is 2.19. The molecule has 1 rings (SSSR count). The number of hydrogen-bond acceptors (Lipinski definition) is 2. The van der Waals surface area contributed by atoms with Crippen molar-refractivity contribution in [2.24, 2.45) is 0 Å². The summed E-state index contributed by atoms with van der Waals surface area (Å²) in [6.07, 6.45) is 8.26. The van der Waals surface area contributed by atoms with Crippen LogP contribution in [0.3, 0.4) is 0 Å². The summed E-state index contributed by atoms with van der Waals surface area (Å²) in [5, 5.41) is 0.547. The van der Waals surface area contributed by atoms with Crippen molar-refractivity contribution in [2.75, 3.05) is 0 Å². The Bertz CT molecular complexity index is 317. The predicted molar refractivity (Wildman–Crippen MR) is 72.3 cm³/mol. The highest BCUT2D eigenvalue weighted by atomic mass is 35.5. The SMILES string of the molecule is CCCCCCC(C)OCc1cccnc1Cl. The molecule has 0 fully saturated rings. The van der Waals surface area contributed by atoms with Crippen molar-refractivity contribution in [3.8, 4) is 0 Å². The summed E-state index contributed by atoms with van der Waals surface area (Å²) >= 11 is 5.96. The van der Waals surface area contributed by atoms with Crippen LogP contribution < -0.4 is 0 Å². The van der Waals surface area contributed by atoms with E-state index in [1.165, 1.54) is 25.7 Å². The predicted octanol–water partition coefficient (Wildman–Crippen LogP) is 4.61. The first-order chi connectivity index (χ1) is 8.24. The molecule has 1 aromatic heterocycles. The first-order valence-electron chi connectivity index (χ1n) is 6.45. The quantitative estimate of drug-likeness (QED) is 0.500. The number of hydrogen-bond donors (Lipinski definition) is 0. The molecule has 0 amide bonds. The van der Waals surface area contributed by atoms with Crippen LogP contribution in [0.2, 0.25) is 5.15 Å². The maximum atomic E-state index is 5.96. The lowest BCUT2D eigenvalue weighted by atomic mass is 10.1. The van der Waals surface area contributed by atoms with Crippen LogP contribution in [0.5, 0.6) is 0 Å². The molecule has 1 unspecified atom stereocenters. The third-order valence-electron chi connectivity index (χ3n) is 2.82. The first kappa shape index (κ1) is 14.5. The van der Waals surface area contributed by atoms with E-state index >= 15 is 0 Å². The molecule has 1 aromatic rings. The average Bonchev–Trinajstić information content (AvgIpc) is 2.34. The van der Waals surface area contributed by atoms with Crippen LogP contribution in [0.25, 0.3) is 0 Å². The van der Waals surface area contributed by atoms with E-state index in [4.69, 9.17) is 16.3 Å². The standard InChI is InChI=1S/C14H22ClNO/c1-3-4-5-6-8-12(2)17-11-13-9-7-10-16-14(13)15/h7,9-10,12H,3-6,8,11H2,1-2H3. The zero-order valence-electron chi connectivity index (χ0n) is 10.8. The maximum absolute atomic E-state index is 5.96. The van der Waals surface area contributed by atoms with Gasteiger partial charge in [0, 0.05) is 11.8 Å². The molecule has 0 saturated heterocycles. The van der Waals surface area contributed by atoms with Crippen LogP contribution in [0, 0.1) is 0 Å². The van der Waals surface area contributed by atoms with Gasteiger partial charge in [-0.25, -0.2) is 4.98 Å². The maximum Gasteiger partial charge on any atom is 0.134 e. The molecule has 0 spiro atoms. The van der Waals surface area contributed by atoms with Crippen LogP contribution in [0.1, 0.15) is 51.5 Å². The van der Waals surface area contributed by atoms with Crippen LogP contribution >= 0.6 is 11.6 Å². The molecule has 0 bridgehead atoms. The Morgan fingerprint density at radius 3 is 2.88 bits per heavy atom. The minimum atomic E-state index is 0.295. The van der Waals surface area contributed by atoms with Crippen molar-refractivity contribution in [1.82, 2.24) is 4.98 Å². The number of rotatable bonds is 8. The second kappa shape index (κ2) is 8.48. The van der Waals surface area contributed by atoms with Gasteiger partial charge in [-0.3, -0.25) is 0 Å². The molecule has 0 aromatic carbocycles. The highest BCUT2D eigenvalue weighted by molar-refractivity contribution is 6.30. The highest BCUT2D eigenvalue weighted by Gasteiger charge is 2.05. The zero-order chi connectivity index (χ0) is 12.5. The van der Waals surface area contributed by atoms with Crippen LogP contribution in [0.4, 0.5) is 0 Å². The lowest BCUT2D eigenvalue weighted by Crippen LogP contribution is -2.08. The van der Waals surface area contributed by atoms with Crippen molar-refractivity contribution in [3.05, 3.63) is 29.0 Å². The zero-order valence-corrected chi connectivity index (χ0v) is 11.5. The molecule has 96 valence electrons. The fourth-order valence-corrected chi connectivity index (χ4v) is 1.87. The summed E-state index contributed by atoms with van der Waals surface area (Å²) in [7, 11) is 0. The molecule has 3 heteroatoms. The van der Waals surface area contributed by atoms with Gasteiger partial charge < -0.3 is 4.74 Å². The van der Waals surface area contributed by atoms with E-state index in [1.54, 1.807) is 6.20 Å². The minimum Gasteiger partial charge on any atom is -0.374 e. The molecular formula is C14H22ClNO. The second-order valence-corrected chi connectivity index (χ2v) is 4.78. The lowest BCUT2D eigenvalue weighted by Gasteiger charge is -2.13. The van der Waals surface area contributed by atoms with Gasteiger partial charge in [0.1, 0.15) is 5.15 Å². The summed E-state index contributed by atoms with van der Waals surface area (Å²) < 4.78 is 5.76. The number of ether oxygens (including phenoxy) is 1. The van der Waals surface area contributed by atoms with Crippen LogP contribution in [-0.4, -0.2) is 11.1 Å². The van der Waals surface area contributed by atoms with Gasteiger partial charge in [-0.15, -0.1) is 0 Å². The number of unbranched alkanes of at least 4 members (excludes halogenated alkanes) is 3. The summed E-state index contributed by atoms with van der Waals surface area (Å²) in [5.41, 5.74) is 0.967. The van der Waals surface area contributed by atoms with Gasteiger partial charge in [-0.05, 0) is 19.4 Å². The molecule has 0 aliphatic carbocycles. The first-order valence-corrected chi connectivity index (χ1v) is 6.82. The third-order valence-corrected chi connectivity index (χ3v) is 3.16. The Hall–Kier alpha value is -0.600. The van der Waals surface area contributed by atoms with Crippen LogP contribution in [0.15, 0.2) is 18.3 Å². The van der Waals surface area contributed by atoms with Crippen molar-refractivity contribution < 1.29 is 4.74 Å². The van der Waals surface area contributed by atoms with Gasteiger partial charge in [0.2, 0.25) is 0 Å². The molecule has 0 radical (unpaired) electrons. The molecule has 0 N–H and O–H groups in total. The van der Waals surface area contributed by atoms with Crippen molar-refractivity contribution in [1.29, 1.82) is 0 Å². The Morgan fingerprint density at radius 1 is 1.35 bits per heavy atom.